The molecule has 32 heavy (non-hydrogen) atoms. The van der Waals surface area contributed by atoms with E-state index in [4.69, 9.17) is 27.8 Å². The van der Waals surface area contributed by atoms with E-state index in [1.807, 2.05) is 0 Å². The van der Waals surface area contributed by atoms with Crippen molar-refractivity contribution in [2.45, 2.75) is 35.1 Å². The second-order valence-corrected chi connectivity index (χ2v) is 9.44. The number of thioether (sulfide) groups is 2. The fourth-order valence-electron chi connectivity index (χ4n) is 3.23. The zero-order chi connectivity index (χ0) is 23.6. The van der Waals surface area contributed by atoms with Crippen LogP contribution in [-0.2, 0) is 26.2 Å². The van der Waals surface area contributed by atoms with Crippen molar-refractivity contribution in [2.75, 3.05) is 18.6 Å². The third kappa shape index (κ3) is 4.45. The Hall–Kier alpha value is -2.27. The lowest BCUT2D eigenvalue weighted by Gasteiger charge is -2.56. The van der Waals surface area contributed by atoms with Gasteiger partial charge in [0.25, 0.3) is 11.6 Å². The van der Waals surface area contributed by atoms with Crippen molar-refractivity contribution < 1.29 is 29.3 Å². The fourth-order valence-corrected chi connectivity index (χ4v) is 5.93. The molecule has 5 N–H and O–H groups in total. The SMILES string of the molecule is CO[C@@]1(NC(=S)CC[C@H](N)C(=O)O)C(=O)N2C(C(=O)O)=C(CSc3nnnn3C)CS[C@@H]21. The highest BCUT2D eigenvalue weighted by Crippen LogP contribution is 2.47. The largest absolute Gasteiger partial charge is 0.480 e. The molecule has 0 spiro atoms. The molecular weight excluding hydrogens is 482 g/mol. The molecule has 1 aromatic rings. The monoisotopic (exact) mass is 503 g/mol. The summed E-state index contributed by atoms with van der Waals surface area (Å²) < 4.78 is 6.94. The van der Waals surface area contributed by atoms with Gasteiger partial charge in [0.2, 0.25) is 5.16 Å². The number of carbonyl (C=O) groups is 3. The van der Waals surface area contributed by atoms with Gasteiger partial charge < -0.3 is 26.0 Å². The Balaban J connectivity index is 1.75. The lowest BCUT2D eigenvalue weighted by Crippen LogP contribution is -2.80. The molecule has 1 saturated heterocycles. The minimum atomic E-state index is -1.54. The van der Waals surface area contributed by atoms with Crippen LogP contribution in [-0.4, -0.2) is 93.9 Å². The number of methoxy groups -OCH3 is 1. The Labute approximate surface area is 196 Å². The molecule has 0 bridgehead atoms. The topological polar surface area (TPSA) is 186 Å². The number of carbonyl (C=O) groups excluding carboxylic acids is 1. The van der Waals surface area contributed by atoms with Crippen LogP contribution < -0.4 is 11.1 Å². The van der Waals surface area contributed by atoms with E-state index in [-0.39, 0.29) is 29.3 Å². The second-order valence-electron chi connectivity index (χ2n) is 6.94. The summed E-state index contributed by atoms with van der Waals surface area (Å²) in [6.45, 7) is 0. The molecule has 13 nitrogen and oxygen atoms in total. The van der Waals surface area contributed by atoms with E-state index in [1.54, 1.807) is 7.05 Å². The molecule has 1 fully saturated rings. The van der Waals surface area contributed by atoms with E-state index in [0.717, 1.165) is 0 Å². The number of nitrogens with zero attached hydrogens (tertiary/aromatic N) is 5. The molecule has 0 radical (unpaired) electrons. The molecule has 0 aromatic carbocycles. The normalized spacial score (nSPS) is 23.4. The number of aromatic nitrogens is 4. The molecule has 3 atom stereocenters. The van der Waals surface area contributed by atoms with Crippen LogP contribution in [0, 0.1) is 0 Å². The number of nitrogens with one attached hydrogen (secondary N) is 1. The minimum absolute atomic E-state index is 0.0786. The first-order valence-corrected chi connectivity index (χ1v) is 11.7. The maximum atomic E-state index is 13.1. The molecule has 0 saturated carbocycles. The molecule has 3 rings (SSSR count). The number of tetrazole rings is 1. The number of β-lactam (4-membered cyclic amide) rings is 1. The number of ether oxygens (including phenoxy) is 1. The van der Waals surface area contributed by atoms with Gasteiger partial charge in [-0.05, 0) is 28.8 Å². The Morgan fingerprint density at radius 1 is 1.50 bits per heavy atom. The number of rotatable bonds is 10. The summed E-state index contributed by atoms with van der Waals surface area (Å²) in [7, 11) is 3.00. The Morgan fingerprint density at radius 3 is 2.78 bits per heavy atom. The Morgan fingerprint density at radius 2 is 2.22 bits per heavy atom. The standard InChI is InChI=1S/C16H21N7O6S3/c1-22-15(19-20-21-22)32-6-7-5-31-14-16(29-2,13(28)23(14)10(7)12(26)27)18-9(30)4-3-8(17)11(24)25/h8,14H,3-6,17H2,1-2H3,(H,18,30)(H,24,25)(H,26,27)/t8-,14+,16-/m0/s1. The van der Waals surface area contributed by atoms with Crippen LogP contribution in [0.5, 0.6) is 0 Å². The first-order valence-electron chi connectivity index (χ1n) is 9.22. The summed E-state index contributed by atoms with van der Waals surface area (Å²) in [5, 5.41) is 32.6. The number of hydrogen-bond donors (Lipinski definition) is 4. The van der Waals surface area contributed by atoms with Crippen molar-refractivity contribution in [2.24, 2.45) is 12.8 Å². The van der Waals surface area contributed by atoms with E-state index in [0.29, 0.717) is 16.5 Å². The van der Waals surface area contributed by atoms with Crippen molar-refractivity contribution in [3.63, 3.8) is 0 Å². The average molecular weight is 504 g/mol. The highest BCUT2D eigenvalue weighted by atomic mass is 32.2. The van der Waals surface area contributed by atoms with E-state index < -0.39 is 35.0 Å². The maximum absolute atomic E-state index is 13.1. The summed E-state index contributed by atoms with van der Waals surface area (Å²) in [4.78, 5) is 37.4. The number of aliphatic carboxylic acids is 2. The van der Waals surface area contributed by atoms with E-state index in [2.05, 4.69) is 20.8 Å². The average Bonchev–Trinajstić information content (AvgIpc) is 3.17. The predicted octanol–water partition coefficient (Wildman–Crippen LogP) is -0.992. The lowest BCUT2D eigenvalue weighted by atomic mass is 9.98. The number of thiocarbonyl (C=S) groups is 1. The van der Waals surface area contributed by atoms with Gasteiger partial charge in [-0.2, -0.15) is 0 Å². The molecule has 174 valence electrons. The third-order valence-electron chi connectivity index (χ3n) is 4.92. The number of carboxylic acid groups (broad SMARTS) is 2. The lowest BCUT2D eigenvalue weighted by molar-refractivity contribution is -0.187. The van der Waals surface area contributed by atoms with Gasteiger partial charge in [0.05, 0.1) is 4.99 Å². The molecule has 3 heterocycles. The molecule has 0 unspecified atom stereocenters. The first-order chi connectivity index (χ1) is 15.1. The zero-order valence-electron chi connectivity index (χ0n) is 17.0. The summed E-state index contributed by atoms with van der Waals surface area (Å²) >= 11 is 7.85. The highest BCUT2D eigenvalue weighted by molar-refractivity contribution is 8.01. The van der Waals surface area contributed by atoms with Crippen LogP contribution in [0.25, 0.3) is 0 Å². The smallest absolute Gasteiger partial charge is 0.352 e. The second kappa shape index (κ2) is 9.70. The number of aryl methyl sites for hydroxylation is 1. The molecule has 2 aliphatic rings. The first kappa shape index (κ1) is 24.4. The zero-order valence-corrected chi connectivity index (χ0v) is 19.5. The van der Waals surface area contributed by atoms with Gasteiger partial charge in [-0.25, -0.2) is 9.48 Å². The summed E-state index contributed by atoms with van der Waals surface area (Å²) in [5.74, 6) is -2.34. The summed E-state index contributed by atoms with van der Waals surface area (Å²) in [6, 6.07) is -1.09. The van der Waals surface area contributed by atoms with Gasteiger partial charge >= 0.3 is 11.9 Å². The predicted molar refractivity (Wildman–Crippen MR) is 118 cm³/mol. The Kier molecular flexibility index (Phi) is 7.39. The quantitative estimate of drug-likeness (QED) is 0.132. The fraction of sp³-hybridized carbons (Fsp3) is 0.562. The van der Waals surface area contributed by atoms with Crippen LogP contribution >= 0.6 is 35.7 Å². The van der Waals surface area contributed by atoms with Crippen LogP contribution in [0.15, 0.2) is 16.4 Å². The molecule has 16 heteroatoms. The van der Waals surface area contributed by atoms with Crippen molar-refractivity contribution in [3.05, 3.63) is 11.3 Å². The number of nitrogens with two attached hydrogens (primary N) is 1. The highest BCUT2D eigenvalue weighted by Gasteiger charge is 2.66. The van der Waals surface area contributed by atoms with Crippen molar-refractivity contribution in [1.82, 2.24) is 30.4 Å². The van der Waals surface area contributed by atoms with Crippen LogP contribution in [0.3, 0.4) is 0 Å². The summed E-state index contributed by atoms with van der Waals surface area (Å²) in [6.07, 6.45) is 0.211. The van der Waals surface area contributed by atoms with Crippen LogP contribution in [0.1, 0.15) is 12.8 Å². The van der Waals surface area contributed by atoms with E-state index >= 15 is 0 Å². The van der Waals surface area contributed by atoms with Gasteiger partial charge in [-0.1, -0.05) is 24.0 Å². The minimum Gasteiger partial charge on any atom is -0.480 e. The molecule has 2 aliphatic heterocycles. The summed E-state index contributed by atoms with van der Waals surface area (Å²) in [5.41, 5.74) is 4.41. The van der Waals surface area contributed by atoms with Crippen molar-refractivity contribution >= 4 is 58.6 Å². The third-order valence-corrected chi connectivity index (χ3v) is 7.69. The number of fused-ring (bicyclic) bond motifs is 1. The van der Waals surface area contributed by atoms with E-state index in [1.165, 1.54) is 40.2 Å². The van der Waals surface area contributed by atoms with Crippen LogP contribution in [0.4, 0.5) is 0 Å². The number of carboxylic acids is 2. The Bertz CT molecular complexity index is 985. The van der Waals surface area contributed by atoms with Gasteiger partial charge in [-0.15, -0.1) is 16.9 Å². The van der Waals surface area contributed by atoms with Gasteiger partial charge in [-0.3, -0.25) is 14.5 Å². The number of amides is 1. The molecule has 1 amide bonds. The maximum Gasteiger partial charge on any atom is 0.352 e. The molecule has 1 aromatic heterocycles. The van der Waals surface area contributed by atoms with Crippen molar-refractivity contribution in [3.8, 4) is 0 Å². The van der Waals surface area contributed by atoms with Gasteiger partial charge in [0.1, 0.15) is 17.1 Å². The van der Waals surface area contributed by atoms with Gasteiger partial charge in [0.15, 0.2) is 0 Å². The van der Waals surface area contributed by atoms with Gasteiger partial charge in [0, 0.05) is 25.7 Å². The van der Waals surface area contributed by atoms with Crippen LogP contribution in [0.2, 0.25) is 0 Å². The molecule has 0 aliphatic carbocycles. The molecular formula is C16H21N7O6S3. The number of hydrogen-bond acceptors (Lipinski definition) is 11. The van der Waals surface area contributed by atoms with Crippen molar-refractivity contribution in [1.29, 1.82) is 0 Å². The van der Waals surface area contributed by atoms with E-state index in [9.17, 15) is 19.5 Å².